The number of halogens is 1. The van der Waals surface area contributed by atoms with Gasteiger partial charge in [-0.2, -0.15) is 0 Å². The summed E-state index contributed by atoms with van der Waals surface area (Å²) in [7, 11) is -1.05. The molecule has 0 aliphatic rings. The number of ether oxygens (including phenoxy) is 1. The Hall–Kier alpha value is -0.173. The molecule has 1 atom stereocenters. The molecule has 1 heterocycles. The van der Waals surface area contributed by atoms with E-state index in [0.29, 0.717) is 6.73 Å². The lowest BCUT2D eigenvalue weighted by Crippen LogP contribution is -2.23. The SMILES string of the molecule is CCCCCCCC[C@H](N)c1ncc(Br)n1COCC[Si](C)(C)C. The van der Waals surface area contributed by atoms with Crippen LogP contribution in [0.3, 0.4) is 0 Å². The van der Waals surface area contributed by atoms with Crippen LogP contribution >= 0.6 is 15.9 Å². The van der Waals surface area contributed by atoms with Gasteiger partial charge in [0.2, 0.25) is 0 Å². The molecule has 4 nitrogen and oxygen atoms in total. The second-order valence-electron chi connectivity index (χ2n) is 7.88. The van der Waals surface area contributed by atoms with E-state index in [1.165, 1.54) is 44.6 Å². The van der Waals surface area contributed by atoms with Gasteiger partial charge in [-0.05, 0) is 28.4 Å². The molecule has 0 amide bonds. The van der Waals surface area contributed by atoms with E-state index in [1.807, 2.05) is 6.20 Å². The van der Waals surface area contributed by atoms with Gasteiger partial charge < -0.3 is 10.5 Å². The Morgan fingerprint density at radius 1 is 1.21 bits per heavy atom. The topological polar surface area (TPSA) is 53.1 Å². The molecule has 24 heavy (non-hydrogen) atoms. The van der Waals surface area contributed by atoms with Crippen LogP contribution in [0, 0.1) is 0 Å². The maximum absolute atomic E-state index is 6.37. The van der Waals surface area contributed by atoms with Crippen molar-refractivity contribution in [1.82, 2.24) is 9.55 Å². The first kappa shape index (κ1) is 21.9. The number of nitrogens with zero attached hydrogens (tertiary/aromatic N) is 2. The summed E-state index contributed by atoms with van der Waals surface area (Å²) in [5.74, 6) is 0.934. The van der Waals surface area contributed by atoms with E-state index in [0.717, 1.165) is 23.5 Å². The summed E-state index contributed by atoms with van der Waals surface area (Å²) < 4.78 is 8.88. The van der Waals surface area contributed by atoms with Gasteiger partial charge in [0.15, 0.2) is 0 Å². The summed E-state index contributed by atoms with van der Waals surface area (Å²) in [6.07, 6.45) is 10.6. The number of imidazole rings is 1. The predicted molar refractivity (Wildman–Crippen MR) is 109 cm³/mol. The Bertz CT molecular complexity index is 460. The van der Waals surface area contributed by atoms with Crippen LogP contribution in [0.25, 0.3) is 0 Å². The van der Waals surface area contributed by atoms with E-state index >= 15 is 0 Å². The fraction of sp³-hybridized carbons (Fsp3) is 0.833. The van der Waals surface area contributed by atoms with E-state index in [4.69, 9.17) is 10.5 Å². The summed E-state index contributed by atoms with van der Waals surface area (Å²) in [6.45, 7) is 10.7. The van der Waals surface area contributed by atoms with Gasteiger partial charge in [0.05, 0.1) is 12.2 Å². The normalized spacial score (nSPS) is 13.4. The molecule has 0 fully saturated rings. The Morgan fingerprint density at radius 3 is 2.54 bits per heavy atom. The highest BCUT2D eigenvalue weighted by Gasteiger charge is 2.16. The van der Waals surface area contributed by atoms with Gasteiger partial charge >= 0.3 is 0 Å². The van der Waals surface area contributed by atoms with Crippen LogP contribution in [0.1, 0.15) is 63.7 Å². The van der Waals surface area contributed by atoms with Crippen LogP contribution in [0.5, 0.6) is 0 Å². The number of unbranched alkanes of at least 4 members (excludes halogenated alkanes) is 5. The van der Waals surface area contributed by atoms with Crippen molar-refractivity contribution in [1.29, 1.82) is 0 Å². The van der Waals surface area contributed by atoms with Crippen LogP contribution in [0.2, 0.25) is 25.7 Å². The number of hydrogen-bond acceptors (Lipinski definition) is 3. The van der Waals surface area contributed by atoms with Gasteiger partial charge in [-0.3, -0.25) is 4.57 Å². The molecule has 0 saturated heterocycles. The fourth-order valence-corrected chi connectivity index (χ4v) is 3.74. The molecular formula is C18H36BrN3OSi. The minimum atomic E-state index is -1.05. The highest BCUT2D eigenvalue weighted by atomic mass is 79.9. The summed E-state index contributed by atoms with van der Waals surface area (Å²) >= 11 is 3.56. The van der Waals surface area contributed by atoms with Crippen molar-refractivity contribution >= 4 is 24.0 Å². The number of rotatable bonds is 13. The molecule has 0 unspecified atom stereocenters. The van der Waals surface area contributed by atoms with Gasteiger partial charge in [-0.25, -0.2) is 4.98 Å². The molecule has 1 aromatic rings. The summed E-state index contributed by atoms with van der Waals surface area (Å²) in [4.78, 5) is 4.49. The highest BCUT2D eigenvalue weighted by molar-refractivity contribution is 9.10. The average molecular weight is 418 g/mol. The van der Waals surface area contributed by atoms with Gasteiger partial charge in [-0.15, -0.1) is 0 Å². The first-order valence-electron chi connectivity index (χ1n) is 9.39. The molecule has 2 N–H and O–H groups in total. The number of hydrogen-bond donors (Lipinski definition) is 1. The Balaban J connectivity index is 2.39. The van der Waals surface area contributed by atoms with Crippen molar-refractivity contribution in [3.63, 3.8) is 0 Å². The molecule has 0 aliphatic heterocycles. The van der Waals surface area contributed by atoms with Gasteiger partial charge in [-0.1, -0.05) is 65.1 Å². The van der Waals surface area contributed by atoms with Crippen molar-refractivity contribution < 1.29 is 4.74 Å². The summed E-state index contributed by atoms with van der Waals surface area (Å²) in [6, 6.07) is 1.17. The summed E-state index contributed by atoms with van der Waals surface area (Å²) in [5, 5.41) is 0. The van der Waals surface area contributed by atoms with E-state index in [1.54, 1.807) is 0 Å². The fourth-order valence-electron chi connectivity index (χ4n) is 2.60. The third-order valence-electron chi connectivity index (χ3n) is 4.25. The monoisotopic (exact) mass is 417 g/mol. The molecule has 1 aromatic heterocycles. The minimum Gasteiger partial charge on any atom is -0.361 e. The quantitative estimate of drug-likeness (QED) is 0.330. The number of aromatic nitrogens is 2. The molecule has 140 valence electrons. The smallest absolute Gasteiger partial charge is 0.128 e. The standard InChI is InChI=1S/C18H36BrN3OSi/c1-5-6-7-8-9-10-11-16(20)18-21-14-17(19)22(18)15-23-12-13-24(2,3)4/h14,16H,5-13,15,20H2,1-4H3/t16-/m0/s1. The maximum atomic E-state index is 6.37. The van der Waals surface area contributed by atoms with Crippen molar-refractivity contribution in [3.8, 4) is 0 Å². The first-order valence-corrected chi connectivity index (χ1v) is 13.9. The zero-order valence-corrected chi connectivity index (χ0v) is 18.6. The van der Waals surface area contributed by atoms with Gasteiger partial charge in [0.25, 0.3) is 0 Å². The van der Waals surface area contributed by atoms with Crippen molar-refractivity contribution in [2.75, 3.05) is 6.61 Å². The van der Waals surface area contributed by atoms with E-state index < -0.39 is 8.07 Å². The van der Waals surface area contributed by atoms with Crippen LogP contribution in [-0.4, -0.2) is 24.2 Å². The van der Waals surface area contributed by atoms with Crippen LogP contribution < -0.4 is 5.73 Å². The van der Waals surface area contributed by atoms with E-state index in [-0.39, 0.29) is 6.04 Å². The van der Waals surface area contributed by atoms with E-state index in [9.17, 15) is 0 Å². The Labute approximate surface area is 157 Å². The Kier molecular flexibility index (Phi) is 10.4. The molecule has 0 radical (unpaired) electrons. The lowest BCUT2D eigenvalue weighted by Gasteiger charge is -2.18. The van der Waals surface area contributed by atoms with Crippen LogP contribution in [0.15, 0.2) is 10.8 Å². The van der Waals surface area contributed by atoms with Crippen LogP contribution in [-0.2, 0) is 11.5 Å². The molecule has 0 aliphatic carbocycles. The van der Waals surface area contributed by atoms with Gasteiger partial charge in [0, 0.05) is 14.7 Å². The molecule has 0 bridgehead atoms. The van der Waals surface area contributed by atoms with Crippen molar-refractivity contribution in [2.45, 2.75) is 90.3 Å². The highest BCUT2D eigenvalue weighted by Crippen LogP contribution is 2.22. The zero-order valence-electron chi connectivity index (χ0n) is 16.0. The number of nitrogens with two attached hydrogens (primary N) is 1. The molecule has 6 heteroatoms. The summed E-state index contributed by atoms with van der Waals surface area (Å²) in [5.41, 5.74) is 6.37. The predicted octanol–water partition coefficient (Wildman–Crippen LogP) is 5.71. The minimum absolute atomic E-state index is 0.0110. The molecule has 0 saturated carbocycles. The first-order chi connectivity index (χ1) is 11.3. The maximum Gasteiger partial charge on any atom is 0.128 e. The molecule has 0 spiro atoms. The second-order valence-corrected chi connectivity index (χ2v) is 14.3. The largest absolute Gasteiger partial charge is 0.361 e. The van der Waals surface area contributed by atoms with E-state index in [2.05, 4.69) is 52.0 Å². The van der Waals surface area contributed by atoms with Crippen LogP contribution in [0.4, 0.5) is 0 Å². The van der Waals surface area contributed by atoms with Crippen molar-refractivity contribution in [3.05, 3.63) is 16.6 Å². The third-order valence-corrected chi connectivity index (χ3v) is 6.59. The molecular weight excluding hydrogens is 382 g/mol. The average Bonchev–Trinajstić information content (AvgIpc) is 2.87. The third kappa shape index (κ3) is 8.79. The zero-order chi connectivity index (χ0) is 18.0. The molecule has 1 rings (SSSR count). The molecule has 0 aromatic carbocycles. The Morgan fingerprint density at radius 2 is 1.88 bits per heavy atom. The second kappa shape index (κ2) is 11.4. The lowest BCUT2D eigenvalue weighted by atomic mass is 10.1. The van der Waals surface area contributed by atoms with Crippen molar-refractivity contribution in [2.24, 2.45) is 5.73 Å². The van der Waals surface area contributed by atoms with Gasteiger partial charge in [0.1, 0.15) is 17.2 Å². The lowest BCUT2D eigenvalue weighted by molar-refractivity contribution is 0.0827.